The molecule has 20 heavy (non-hydrogen) atoms. The highest BCUT2D eigenvalue weighted by atomic mass is 32.2. The summed E-state index contributed by atoms with van der Waals surface area (Å²) in [4.78, 5) is 26.6. The number of aliphatic carboxylic acids is 1. The maximum Gasteiger partial charge on any atom is 0.309 e. The van der Waals surface area contributed by atoms with E-state index in [0.29, 0.717) is 17.5 Å². The standard InChI is InChI=1S/C13H18N2O3S2/c16-11(14-9-4-2-1-3-5-9)8-20-13-15-10(7-19-13)6-12(17)18/h7,9H,1-6,8H2,(H,14,16)(H,17,18). The van der Waals surface area contributed by atoms with Crippen LogP contribution in [0, 0.1) is 0 Å². The van der Waals surface area contributed by atoms with Gasteiger partial charge in [-0.1, -0.05) is 31.0 Å². The molecule has 0 unspecified atom stereocenters. The normalized spacial score (nSPS) is 16.0. The quantitative estimate of drug-likeness (QED) is 0.788. The van der Waals surface area contributed by atoms with Crippen molar-refractivity contribution in [1.82, 2.24) is 10.3 Å². The number of thiazole rings is 1. The largest absolute Gasteiger partial charge is 0.481 e. The highest BCUT2D eigenvalue weighted by Gasteiger charge is 2.16. The Morgan fingerprint density at radius 2 is 2.15 bits per heavy atom. The van der Waals surface area contributed by atoms with Gasteiger partial charge < -0.3 is 10.4 Å². The van der Waals surface area contributed by atoms with Crippen molar-refractivity contribution in [3.05, 3.63) is 11.1 Å². The Bertz CT molecular complexity index is 470. The molecule has 0 atom stereocenters. The lowest BCUT2D eigenvalue weighted by Gasteiger charge is -2.22. The lowest BCUT2D eigenvalue weighted by atomic mass is 9.95. The highest BCUT2D eigenvalue weighted by Crippen LogP contribution is 2.23. The molecule has 0 aromatic carbocycles. The Morgan fingerprint density at radius 1 is 1.40 bits per heavy atom. The molecule has 1 aliphatic rings. The van der Waals surface area contributed by atoms with Gasteiger partial charge in [0.1, 0.15) is 0 Å². The third kappa shape index (κ3) is 5.13. The van der Waals surface area contributed by atoms with Crippen LogP contribution in [0.1, 0.15) is 37.8 Å². The maximum absolute atomic E-state index is 11.8. The summed E-state index contributed by atoms with van der Waals surface area (Å²) in [6, 6.07) is 0.329. The van der Waals surface area contributed by atoms with Crippen LogP contribution in [0.5, 0.6) is 0 Å². The second-order valence-corrected chi connectivity index (χ2v) is 6.95. The fourth-order valence-corrected chi connectivity index (χ4v) is 3.89. The van der Waals surface area contributed by atoms with Crippen molar-refractivity contribution >= 4 is 35.0 Å². The van der Waals surface area contributed by atoms with E-state index in [9.17, 15) is 9.59 Å². The Labute approximate surface area is 126 Å². The van der Waals surface area contributed by atoms with Gasteiger partial charge in [-0.25, -0.2) is 4.98 Å². The van der Waals surface area contributed by atoms with Gasteiger partial charge in [0.15, 0.2) is 4.34 Å². The lowest BCUT2D eigenvalue weighted by molar-refractivity contribution is -0.136. The van der Waals surface area contributed by atoms with E-state index in [2.05, 4.69) is 10.3 Å². The van der Waals surface area contributed by atoms with Crippen molar-refractivity contribution in [2.75, 3.05) is 5.75 Å². The van der Waals surface area contributed by atoms with Gasteiger partial charge in [0.25, 0.3) is 0 Å². The van der Waals surface area contributed by atoms with Gasteiger partial charge in [0.05, 0.1) is 17.9 Å². The minimum absolute atomic E-state index is 0.0388. The number of thioether (sulfide) groups is 1. The Kier molecular flexibility index (Phi) is 5.85. The zero-order valence-corrected chi connectivity index (χ0v) is 12.8. The molecule has 7 heteroatoms. The van der Waals surface area contributed by atoms with Crippen molar-refractivity contribution in [2.24, 2.45) is 0 Å². The molecule has 1 saturated carbocycles. The van der Waals surface area contributed by atoms with Gasteiger partial charge in [-0.2, -0.15) is 0 Å². The number of carbonyl (C=O) groups is 2. The number of rotatable bonds is 6. The molecule has 1 heterocycles. The van der Waals surface area contributed by atoms with E-state index < -0.39 is 5.97 Å². The molecule has 1 amide bonds. The number of carboxylic acids is 1. The molecule has 2 rings (SSSR count). The maximum atomic E-state index is 11.8. The minimum Gasteiger partial charge on any atom is -0.481 e. The number of hydrogen-bond acceptors (Lipinski definition) is 5. The zero-order valence-electron chi connectivity index (χ0n) is 11.1. The van der Waals surface area contributed by atoms with Gasteiger partial charge >= 0.3 is 5.97 Å². The predicted molar refractivity (Wildman–Crippen MR) is 79.2 cm³/mol. The van der Waals surface area contributed by atoms with Gasteiger partial charge in [0, 0.05) is 11.4 Å². The minimum atomic E-state index is -0.887. The van der Waals surface area contributed by atoms with Crippen LogP contribution in [0.4, 0.5) is 0 Å². The van der Waals surface area contributed by atoms with Crippen LogP contribution in [0.3, 0.4) is 0 Å². The number of hydrogen-bond donors (Lipinski definition) is 2. The number of carbonyl (C=O) groups excluding carboxylic acids is 1. The average Bonchev–Trinajstić information content (AvgIpc) is 2.84. The topological polar surface area (TPSA) is 79.3 Å². The first-order valence-corrected chi connectivity index (χ1v) is 8.58. The third-order valence-corrected chi connectivity index (χ3v) is 5.23. The van der Waals surface area contributed by atoms with E-state index in [1.54, 1.807) is 5.38 Å². The molecule has 1 aliphatic carbocycles. The first kappa shape index (κ1) is 15.3. The molecule has 110 valence electrons. The highest BCUT2D eigenvalue weighted by molar-refractivity contribution is 8.01. The smallest absolute Gasteiger partial charge is 0.309 e. The van der Waals surface area contributed by atoms with E-state index in [1.165, 1.54) is 42.4 Å². The van der Waals surface area contributed by atoms with Crippen LogP contribution >= 0.6 is 23.1 Å². The van der Waals surface area contributed by atoms with Crippen LogP contribution < -0.4 is 5.32 Å². The summed E-state index contributed by atoms with van der Waals surface area (Å²) in [6.07, 6.45) is 5.76. The van der Waals surface area contributed by atoms with Gasteiger partial charge in [0.2, 0.25) is 5.91 Å². The van der Waals surface area contributed by atoms with Gasteiger partial charge in [-0.15, -0.1) is 11.3 Å². The molecule has 0 spiro atoms. The summed E-state index contributed by atoms with van der Waals surface area (Å²) < 4.78 is 0.750. The fraction of sp³-hybridized carbons (Fsp3) is 0.615. The monoisotopic (exact) mass is 314 g/mol. The van der Waals surface area contributed by atoms with E-state index in [0.717, 1.165) is 17.2 Å². The molecule has 1 aromatic rings. The first-order valence-electron chi connectivity index (χ1n) is 6.72. The molecule has 0 aliphatic heterocycles. The number of amides is 1. The molecule has 0 radical (unpaired) electrons. The van der Waals surface area contributed by atoms with Gasteiger partial charge in [-0.3, -0.25) is 9.59 Å². The van der Waals surface area contributed by atoms with Crippen molar-refractivity contribution in [3.63, 3.8) is 0 Å². The second-order valence-electron chi connectivity index (χ2n) is 4.87. The third-order valence-electron chi connectivity index (χ3n) is 3.16. The van der Waals surface area contributed by atoms with Crippen molar-refractivity contribution in [3.8, 4) is 0 Å². The molecule has 2 N–H and O–H groups in total. The number of carboxylic acid groups (broad SMARTS) is 1. The summed E-state index contributed by atoms with van der Waals surface area (Å²) in [5.41, 5.74) is 0.553. The molecule has 1 aromatic heterocycles. The van der Waals surface area contributed by atoms with E-state index in [4.69, 9.17) is 5.11 Å². The van der Waals surface area contributed by atoms with Crippen LogP contribution in [0.2, 0.25) is 0 Å². The summed E-state index contributed by atoms with van der Waals surface area (Å²) in [7, 11) is 0. The average molecular weight is 314 g/mol. The molecule has 1 fully saturated rings. The summed E-state index contributed by atoms with van der Waals surface area (Å²) in [5, 5.41) is 13.5. The first-order chi connectivity index (χ1) is 9.63. The van der Waals surface area contributed by atoms with E-state index >= 15 is 0 Å². The number of nitrogens with one attached hydrogen (secondary N) is 1. The Morgan fingerprint density at radius 3 is 2.85 bits per heavy atom. The predicted octanol–water partition coefficient (Wildman–Crippen LogP) is 2.31. The molecular weight excluding hydrogens is 296 g/mol. The van der Waals surface area contributed by atoms with Crippen LogP contribution in [-0.2, 0) is 16.0 Å². The molecular formula is C13H18N2O3S2. The van der Waals surface area contributed by atoms with Crippen LogP contribution in [-0.4, -0.2) is 33.8 Å². The van der Waals surface area contributed by atoms with Crippen LogP contribution in [0.15, 0.2) is 9.72 Å². The molecule has 5 nitrogen and oxygen atoms in total. The second kappa shape index (κ2) is 7.64. The van der Waals surface area contributed by atoms with Crippen molar-refractivity contribution < 1.29 is 14.7 Å². The van der Waals surface area contributed by atoms with E-state index in [1.807, 2.05) is 0 Å². The number of aromatic nitrogens is 1. The molecule has 0 saturated heterocycles. The number of nitrogens with zero attached hydrogens (tertiary/aromatic N) is 1. The van der Waals surface area contributed by atoms with Crippen molar-refractivity contribution in [1.29, 1.82) is 0 Å². The summed E-state index contributed by atoms with van der Waals surface area (Å²) in [5.74, 6) is -0.505. The SMILES string of the molecule is O=C(O)Cc1csc(SCC(=O)NC2CCCCC2)n1. The van der Waals surface area contributed by atoms with Gasteiger partial charge in [-0.05, 0) is 12.8 Å². The lowest BCUT2D eigenvalue weighted by Crippen LogP contribution is -2.37. The fourth-order valence-electron chi connectivity index (χ4n) is 2.23. The Balaban J connectivity index is 1.72. The summed E-state index contributed by atoms with van der Waals surface area (Å²) >= 11 is 2.76. The zero-order chi connectivity index (χ0) is 14.4. The summed E-state index contributed by atoms with van der Waals surface area (Å²) in [6.45, 7) is 0. The Hall–Kier alpha value is -1.08. The van der Waals surface area contributed by atoms with E-state index in [-0.39, 0.29) is 12.3 Å². The molecule has 0 bridgehead atoms. The van der Waals surface area contributed by atoms with Crippen molar-refractivity contribution in [2.45, 2.75) is 48.9 Å². The van der Waals surface area contributed by atoms with Crippen LogP contribution in [0.25, 0.3) is 0 Å².